The van der Waals surface area contributed by atoms with Gasteiger partial charge in [0.15, 0.2) is 0 Å². The highest BCUT2D eigenvalue weighted by Crippen LogP contribution is 2.39. The van der Waals surface area contributed by atoms with Gasteiger partial charge in [-0.05, 0) is 12.1 Å². The van der Waals surface area contributed by atoms with Gasteiger partial charge >= 0.3 is 0 Å². The number of benzene rings is 1. The molecule has 0 radical (unpaired) electrons. The molecule has 0 aliphatic rings. The van der Waals surface area contributed by atoms with Gasteiger partial charge in [-0.1, -0.05) is 11.6 Å². The fourth-order valence-electron chi connectivity index (χ4n) is 1.65. The van der Waals surface area contributed by atoms with Crippen LogP contribution in [0, 0.1) is 0 Å². The first-order chi connectivity index (χ1) is 7.69. The molecule has 0 amide bonds. The smallest absolute Gasteiger partial charge is 0.144 e. The zero-order chi connectivity index (χ0) is 11.7. The molecule has 0 aliphatic heterocycles. The number of nitrogens with two attached hydrogens (primary N) is 1. The number of aliphatic hydroxyl groups is 1. The fraction of sp³-hybridized carbons (Fsp3) is 0.273. The Balaban J connectivity index is 2.71. The highest BCUT2D eigenvalue weighted by Gasteiger charge is 2.19. The summed E-state index contributed by atoms with van der Waals surface area (Å²) < 4.78 is 10.4. The average Bonchev–Trinajstić information content (AvgIpc) is 2.76. The molecule has 0 fully saturated rings. The van der Waals surface area contributed by atoms with Crippen LogP contribution >= 0.6 is 11.6 Å². The number of rotatable bonds is 3. The standard InChI is InChI=1S/C11H12ClNO3/c1-15-11-7(8(14)5-13)4-9-6(10(11)12)2-3-16-9/h2-4,8,14H,5,13H2,1H3. The van der Waals surface area contributed by atoms with E-state index in [-0.39, 0.29) is 6.54 Å². The van der Waals surface area contributed by atoms with E-state index in [1.807, 2.05) is 0 Å². The molecule has 0 aliphatic carbocycles. The van der Waals surface area contributed by atoms with Crippen LogP contribution in [0.2, 0.25) is 5.02 Å². The molecule has 4 nitrogen and oxygen atoms in total. The van der Waals surface area contributed by atoms with Gasteiger partial charge in [-0.25, -0.2) is 0 Å². The molecule has 0 spiro atoms. The molecule has 3 N–H and O–H groups in total. The molecular formula is C11H12ClNO3. The minimum atomic E-state index is -0.818. The Hall–Kier alpha value is -1.23. The lowest BCUT2D eigenvalue weighted by molar-refractivity contribution is 0.182. The van der Waals surface area contributed by atoms with Gasteiger partial charge < -0.3 is 20.0 Å². The second-order valence-electron chi connectivity index (χ2n) is 3.40. The van der Waals surface area contributed by atoms with Crippen molar-refractivity contribution in [2.75, 3.05) is 13.7 Å². The molecular weight excluding hydrogens is 230 g/mol. The van der Waals surface area contributed by atoms with Crippen LogP contribution in [0.3, 0.4) is 0 Å². The van der Waals surface area contributed by atoms with Gasteiger partial charge in [0, 0.05) is 17.5 Å². The number of ether oxygens (including phenoxy) is 1. The van der Waals surface area contributed by atoms with Crippen molar-refractivity contribution in [1.82, 2.24) is 0 Å². The number of halogens is 1. The predicted molar refractivity (Wildman–Crippen MR) is 61.8 cm³/mol. The van der Waals surface area contributed by atoms with Gasteiger partial charge in [0.2, 0.25) is 0 Å². The van der Waals surface area contributed by atoms with E-state index >= 15 is 0 Å². The van der Waals surface area contributed by atoms with Crippen molar-refractivity contribution < 1.29 is 14.3 Å². The number of aliphatic hydroxyl groups excluding tert-OH is 1. The second kappa shape index (κ2) is 4.33. The van der Waals surface area contributed by atoms with Crippen LogP contribution < -0.4 is 10.5 Å². The Morgan fingerprint density at radius 2 is 2.38 bits per heavy atom. The molecule has 2 rings (SSSR count). The largest absolute Gasteiger partial charge is 0.495 e. The monoisotopic (exact) mass is 241 g/mol. The number of methoxy groups -OCH3 is 1. The number of fused-ring (bicyclic) bond motifs is 1. The number of hydrogen-bond donors (Lipinski definition) is 2. The fourth-order valence-corrected chi connectivity index (χ4v) is 1.99. The van der Waals surface area contributed by atoms with Gasteiger partial charge in [0.05, 0.1) is 24.5 Å². The quantitative estimate of drug-likeness (QED) is 0.863. The zero-order valence-corrected chi connectivity index (χ0v) is 9.49. The minimum absolute atomic E-state index is 0.0961. The van der Waals surface area contributed by atoms with Gasteiger partial charge in [-0.2, -0.15) is 0 Å². The summed E-state index contributed by atoms with van der Waals surface area (Å²) >= 11 is 6.15. The molecule has 0 saturated carbocycles. The molecule has 1 unspecified atom stereocenters. The lowest BCUT2D eigenvalue weighted by atomic mass is 10.1. The Labute approximate surface area is 97.6 Å². The van der Waals surface area contributed by atoms with Crippen LogP contribution in [-0.4, -0.2) is 18.8 Å². The molecule has 16 heavy (non-hydrogen) atoms. The average molecular weight is 242 g/mol. The van der Waals surface area contributed by atoms with Crippen molar-refractivity contribution in [2.45, 2.75) is 6.10 Å². The SMILES string of the molecule is COc1c(C(O)CN)cc2occc2c1Cl. The summed E-state index contributed by atoms with van der Waals surface area (Å²) in [5.41, 5.74) is 6.56. The maximum atomic E-state index is 9.76. The Morgan fingerprint density at radius 1 is 1.62 bits per heavy atom. The van der Waals surface area contributed by atoms with E-state index in [2.05, 4.69) is 0 Å². The van der Waals surface area contributed by atoms with Crippen molar-refractivity contribution in [3.8, 4) is 5.75 Å². The molecule has 2 aromatic rings. The number of furan rings is 1. The summed E-state index contributed by atoms with van der Waals surface area (Å²) in [5, 5.41) is 10.9. The molecule has 0 bridgehead atoms. The summed E-state index contributed by atoms with van der Waals surface area (Å²) in [6.45, 7) is 0.0961. The summed E-state index contributed by atoms with van der Waals surface area (Å²) in [6.07, 6.45) is 0.719. The van der Waals surface area contributed by atoms with E-state index in [0.717, 1.165) is 5.39 Å². The highest BCUT2D eigenvalue weighted by molar-refractivity contribution is 6.37. The van der Waals surface area contributed by atoms with Crippen LogP contribution in [0.15, 0.2) is 22.8 Å². The first kappa shape index (κ1) is 11.3. The lowest BCUT2D eigenvalue weighted by Gasteiger charge is -2.14. The normalized spacial score (nSPS) is 13.0. The molecule has 5 heteroatoms. The van der Waals surface area contributed by atoms with Crippen LogP contribution in [0.25, 0.3) is 11.0 Å². The van der Waals surface area contributed by atoms with Crippen molar-refractivity contribution in [1.29, 1.82) is 0 Å². The van der Waals surface area contributed by atoms with E-state index in [4.69, 9.17) is 26.5 Å². The zero-order valence-electron chi connectivity index (χ0n) is 8.74. The van der Waals surface area contributed by atoms with Crippen LogP contribution in [0.4, 0.5) is 0 Å². The number of hydrogen-bond acceptors (Lipinski definition) is 4. The maximum absolute atomic E-state index is 9.76. The molecule has 0 saturated heterocycles. The maximum Gasteiger partial charge on any atom is 0.144 e. The molecule has 1 heterocycles. The first-order valence-electron chi connectivity index (χ1n) is 4.80. The summed E-state index contributed by atoms with van der Waals surface area (Å²) in [5.74, 6) is 0.438. The van der Waals surface area contributed by atoms with Gasteiger partial charge in [-0.15, -0.1) is 0 Å². The van der Waals surface area contributed by atoms with Gasteiger partial charge in [0.1, 0.15) is 11.3 Å². The Morgan fingerprint density at radius 3 is 3.00 bits per heavy atom. The topological polar surface area (TPSA) is 68.6 Å². The highest BCUT2D eigenvalue weighted by atomic mass is 35.5. The third-order valence-electron chi connectivity index (χ3n) is 2.47. The third-order valence-corrected chi connectivity index (χ3v) is 2.84. The molecule has 86 valence electrons. The summed E-state index contributed by atoms with van der Waals surface area (Å²) in [7, 11) is 1.50. The van der Waals surface area contributed by atoms with Crippen molar-refractivity contribution in [3.05, 3.63) is 29.0 Å². The van der Waals surface area contributed by atoms with E-state index in [1.165, 1.54) is 13.4 Å². The lowest BCUT2D eigenvalue weighted by Crippen LogP contribution is -2.12. The molecule has 1 aromatic carbocycles. The molecule has 1 aromatic heterocycles. The van der Waals surface area contributed by atoms with E-state index in [9.17, 15) is 5.11 Å². The second-order valence-corrected chi connectivity index (χ2v) is 3.77. The van der Waals surface area contributed by atoms with Crippen molar-refractivity contribution in [3.63, 3.8) is 0 Å². The van der Waals surface area contributed by atoms with Crippen molar-refractivity contribution >= 4 is 22.6 Å². The third kappa shape index (κ3) is 1.65. The van der Waals surface area contributed by atoms with E-state index < -0.39 is 6.10 Å². The van der Waals surface area contributed by atoms with Crippen molar-refractivity contribution in [2.24, 2.45) is 5.73 Å². The van der Waals surface area contributed by atoms with Crippen LogP contribution in [0.5, 0.6) is 5.75 Å². The van der Waals surface area contributed by atoms with E-state index in [0.29, 0.717) is 21.9 Å². The Kier molecular flexibility index (Phi) is 3.05. The summed E-state index contributed by atoms with van der Waals surface area (Å²) in [4.78, 5) is 0. The predicted octanol–water partition coefficient (Wildman–Crippen LogP) is 2.09. The van der Waals surface area contributed by atoms with Crippen LogP contribution in [0.1, 0.15) is 11.7 Å². The molecule has 1 atom stereocenters. The first-order valence-corrected chi connectivity index (χ1v) is 5.18. The van der Waals surface area contributed by atoms with Gasteiger partial charge in [-0.3, -0.25) is 0 Å². The van der Waals surface area contributed by atoms with E-state index in [1.54, 1.807) is 12.1 Å². The summed E-state index contributed by atoms with van der Waals surface area (Å²) in [6, 6.07) is 3.44. The minimum Gasteiger partial charge on any atom is -0.495 e. The van der Waals surface area contributed by atoms with Crippen LogP contribution in [-0.2, 0) is 0 Å². The Bertz CT molecular complexity index is 509. The van der Waals surface area contributed by atoms with Gasteiger partial charge in [0.25, 0.3) is 0 Å².